The summed E-state index contributed by atoms with van der Waals surface area (Å²) < 4.78 is 0. The van der Waals surface area contributed by atoms with Crippen LogP contribution in [0.4, 0.5) is 11.4 Å². The molecule has 0 unspecified atom stereocenters. The summed E-state index contributed by atoms with van der Waals surface area (Å²) in [5, 5.41) is 7.40. The molecule has 0 saturated heterocycles. The summed E-state index contributed by atoms with van der Waals surface area (Å²) in [4.78, 5) is 5.28. The molecule has 2 aliphatic carbocycles. The van der Waals surface area contributed by atoms with Crippen molar-refractivity contribution in [3.8, 4) is 44.6 Å². The van der Waals surface area contributed by atoms with Crippen LogP contribution in [0.25, 0.3) is 66.3 Å². The number of hydrogen-bond donors (Lipinski definition) is 1. The van der Waals surface area contributed by atoms with Gasteiger partial charge in [0, 0.05) is 27.9 Å². The Morgan fingerprint density at radius 3 is 1.67 bits per heavy atom. The van der Waals surface area contributed by atoms with Crippen LogP contribution in [-0.4, -0.2) is 4.98 Å². The molecule has 0 atom stereocenters. The first-order chi connectivity index (χ1) is 25.8. The number of nitrogens with one attached hydrogen (secondary N) is 1. The molecule has 52 heavy (non-hydrogen) atoms. The Hall–Kier alpha value is -6.77. The van der Waals surface area contributed by atoms with E-state index in [1.54, 1.807) is 0 Å². The molecule has 1 aromatic heterocycles. The second-order valence-corrected chi connectivity index (χ2v) is 14.0. The van der Waals surface area contributed by atoms with Crippen molar-refractivity contribution in [3.05, 3.63) is 210 Å². The lowest BCUT2D eigenvalue weighted by Gasteiger charge is -2.30. The van der Waals surface area contributed by atoms with Crippen LogP contribution in [0.2, 0.25) is 0 Å². The zero-order chi connectivity index (χ0) is 34.2. The van der Waals surface area contributed by atoms with Crippen molar-refractivity contribution in [3.63, 3.8) is 0 Å². The highest BCUT2D eigenvalue weighted by Crippen LogP contribution is 2.63. The van der Waals surface area contributed by atoms with Crippen molar-refractivity contribution in [2.45, 2.75) is 5.41 Å². The lowest BCUT2D eigenvalue weighted by Crippen LogP contribution is -2.25. The highest BCUT2D eigenvalue weighted by molar-refractivity contribution is 5.97. The van der Waals surface area contributed by atoms with Crippen LogP contribution in [0.5, 0.6) is 0 Å². The molecular weight excluding hydrogens is 629 g/mol. The molecule has 1 spiro atoms. The second-order valence-electron chi connectivity index (χ2n) is 14.0. The quantitative estimate of drug-likeness (QED) is 0.203. The van der Waals surface area contributed by atoms with Crippen LogP contribution < -0.4 is 5.32 Å². The van der Waals surface area contributed by atoms with Gasteiger partial charge in [0.25, 0.3) is 0 Å². The van der Waals surface area contributed by atoms with E-state index in [0.717, 1.165) is 44.7 Å². The zero-order valence-corrected chi connectivity index (χ0v) is 28.3. The van der Waals surface area contributed by atoms with Crippen LogP contribution in [0, 0.1) is 0 Å². The van der Waals surface area contributed by atoms with E-state index in [2.05, 4.69) is 193 Å². The largest absolute Gasteiger partial charge is 0.355 e. The molecule has 2 nitrogen and oxygen atoms in total. The topological polar surface area (TPSA) is 24.9 Å². The van der Waals surface area contributed by atoms with Gasteiger partial charge in [0.05, 0.1) is 16.6 Å². The van der Waals surface area contributed by atoms with Crippen molar-refractivity contribution in [2.75, 3.05) is 5.32 Å². The van der Waals surface area contributed by atoms with E-state index >= 15 is 0 Å². The van der Waals surface area contributed by atoms with Crippen molar-refractivity contribution < 1.29 is 0 Å². The standard InChI is InChI=1S/C50H32N2/c1-2-13-33-28-34(25-24-32(33)12-1)43-30-35-14-3-10-23-48(35)52-49(43)36-15-11-16-37(29-36)51-38-26-27-42-41-19-6-9-22-46(41)50(47(42)31-38)44-20-7-4-17-39(44)40-18-5-8-21-45(40)50/h1-31,51H. The third-order valence-corrected chi connectivity index (χ3v) is 11.2. The molecule has 2 heteroatoms. The third-order valence-electron chi connectivity index (χ3n) is 11.2. The Kier molecular flexibility index (Phi) is 6.20. The van der Waals surface area contributed by atoms with E-state index in [4.69, 9.17) is 4.98 Å². The Morgan fingerprint density at radius 1 is 0.346 bits per heavy atom. The minimum absolute atomic E-state index is 0.373. The minimum Gasteiger partial charge on any atom is -0.355 e. The van der Waals surface area contributed by atoms with Gasteiger partial charge in [-0.15, -0.1) is 0 Å². The fourth-order valence-corrected chi connectivity index (χ4v) is 9.00. The second kappa shape index (κ2) is 11.1. The molecule has 242 valence electrons. The molecule has 11 rings (SSSR count). The van der Waals surface area contributed by atoms with Gasteiger partial charge < -0.3 is 5.32 Å². The molecule has 0 bridgehead atoms. The van der Waals surface area contributed by atoms with Crippen molar-refractivity contribution in [1.29, 1.82) is 0 Å². The van der Waals surface area contributed by atoms with Gasteiger partial charge in [-0.25, -0.2) is 4.98 Å². The highest BCUT2D eigenvalue weighted by Gasteiger charge is 2.51. The lowest BCUT2D eigenvalue weighted by molar-refractivity contribution is 0.794. The van der Waals surface area contributed by atoms with E-state index in [-0.39, 0.29) is 5.41 Å². The van der Waals surface area contributed by atoms with Gasteiger partial charge in [-0.2, -0.15) is 0 Å². The number of benzene rings is 8. The smallest absolute Gasteiger partial charge is 0.0788 e. The average Bonchev–Trinajstić information content (AvgIpc) is 3.67. The average molecular weight is 661 g/mol. The summed E-state index contributed by atoms with van der Waals surface area (Å²) in [6.45, 7) is 0. The van der Waals surface area contributed by atoms with Crippen LogP contribution in [0.1, 0.15) is 22.3 Å². The third kappa shape index (κ3) is 4.15. The number of anilines is 2. The van der Waals surface area contributed by atoms with E-state index in [0.29, 0.717) is 0 Å². The summed E-state index contributed by atoms with van der Waals surface area (Å²) in [6.07, 6.45) is 0. The van der Waals surface area contributed by atoms with E-state index in [1.165, 1.54) is 55.3 Å². The highest BCUT2D eigenvalue weighted by atomic mass is 14.9. The molecule has 9 aromatic rings. The molecule has 0 saturated carbocycles. The van der Waals surface area contributed by atoms with Gasteiger partial charge in [-0.3, -0.25) is 0 Å². The molecule has 0 aliphatic heterocycles. The fourth-order valence-electron chi connectivity index (χ4n) is 9.00. The number of fused-ring (bicyclic) bond motifs is 12. The number of pyridine rings is 1. The van der Waals surface area contributed by atoms with Gasteiger partial charge in [-0.05, 0) is 103 Å². The first-order valence-electron chi connectivity index (χ1n) is 18.0. The molecular formula is C50H32N2. The summed E-state index contributed by atoms with van der Waals surface area (Å²) in [5.74, 6) is 0. The number of nitrogens with zero attached hydrogens (tertiary/aromatic N) is 1. The Morgan fingerprint density at radius 2 is 0.942 bits per heavy atom. The SMILES string of the molecule is c1cc(Nc2ccc3c(c2)C2(c4ccccc4-c4ccccc42)c2ccccc2-3)cc(-c2nc3ccccc3cc2-c2ccc3ccccc3c2)c1. The van der Waals surface area contributed by atoms with E-state index in [1.807, 2.05) is 0 Å². The summed E-state index contributed by atoms with van der Waals surface area (Å²) in [7, 11) is 0. The first kappa shape index (κ1) is 29.0. The molecule has 2 aliphatic rings. The maximum atomic E-state index is 5.28. The van der Waals surface area contributed by atoms with Crippen molar-refractivity contribution in [1.82, 2.24) is 4.98 Å². The Labute approximate surface area is 302 Å². The van der Waals surface area contributed by atoms with Crippen LogP contribution in [0.3, 0.4) is 0 Å². The summed E-state index contributed by atoms with van der Waals surface area (Å²) >= 11 is 0. The molecule has 0 amide bonds. The van der Waals surface area contributed by atoms with E-state index < -0.39 is 0 Å². The Bertz CT molecular complexity index is 2840. The number of aromatic nitrogens is 1. The molecule has 0 radical (unpaired) electrons. The van der Waals surface area contributed by atoms with Gasteiger partial charge in [-0.1, -0.05) is 146 Å². The van der Waals surface area contributed by atoms with Crippen LogP contribution in [-0.2, 0) is 5.41 Å². The maximum Gasteiger partial charge on any atom is 0.0788 e. The summed E-state index contributed by atoms with van der Waals surface area (Å²) in [5.41, 5.74) is 17.6. The number of rotatable bonds is 4. The number of hydrogen-bond acceptors (Lipinski definition) is 2. The summed E-state index contributed by atoms with van der Waals surface area (Å²) in [6, 6.07) is 68.4. The van der Waals surface area contributed by atoms with Gasteiger partial charge in [0.15, 0.2) is 0 Å². The van der Waals surface area contributed by atoms with Gasteiger partial charge in [0.1, 0.15) is 0 Å². The van der Waals surface area contributed by atoms with Crippen molar-refractivity contribution >= 4 is 33.1 Å². The van der Waals surface area contributed by atoms with Crippen LogP contribution in [0.15, 0.2) is 188 Å². The van der Waals surface area contributed by atoms with Crippen LogP contribution >= 0.6 is 0 Å². The first-order valence-corrected chi connectivity index (χ1v) is 18.0. The van der Waals surface area contributed by atoms with Crippen molar-refractivity contribution in [2.24, 2.45) is 0 Å². The monoisotopic (exact) mass is 660 g/mol. The predicted octanol–water partition coefficient (Wildman–Crippen LogP) is 12.8. The van der Waals surface area contributed by atoms with E-state index in [9.17, 15) is 0 Å². The zero-order valence-electron chi connectivity index (χ0n) is 28.3. The van der Waals surface area contributed by atoms with Gasteiger partial charge >= 0.3 is 0 Å². The minimum atomic E-state index is -0.373. The Balaban J connectivity index is 1.04. The van der Waals surface area contributed by atoms with Gasteiger partial charge in [0.2, 0.25) is 0 Å². The maximum absolute atomic E-state index is 5.28. The fraction of sp³-hybridized carbons (Fsp3) is 0.0200. The normalized spacial score (nSPS) is 13.2. The lowest BCUT2D eigenvalue weighted by atomic mass is 9.70. The molecule has 1 N–H and O–H groups in total. The molecule has 8 aromatic carbocycles. The predicted molar refractivity (Wildman–Crippen MR) is 216 cm³/mol. The molecule has 0 fully saturated rings. The molecule has 1 heterocycles. The number of para-hydroxylation sites is 1.